The Kier molecular flexibility index (Phi) is 32.7. The normalized spacial score (nSPS) is 11.4. The van der Waals surface area contributed by atoms with Crippen LogP contribution < -0.4 is 4.74 Å². The number of aromatic carboxylic acids is 1. The summed E-state index contributed by atoms with van der Waals surface area (Å²) in [4.78, 5) is 11.5. The van der Waals surface area contributed by atoms with E-state index in [4.69, 9.17) is 9.47 Å². The first kappa shape index (κ1) is 44.5. The number of rotatable bonds is 38. The van der Waals surface area contributed by atoms with Crippen molar-refractivity contribution in [2.45, 2.75) is 226 Å². The molecule has 1 N–H and O–H groups in total. The molecule has 0 aliphatic heterocycles. The molecular weight excluding hydrogens is 592 g/mol. The van der Waals surface area contributed by atoms with E-state index in [9.17, 15) is 9.90 Å². The van der Waals surface area contributed by atoms with Crippen molar-refractivity contribution in [3.8, 4) is 5.75 Å². The van der Waals surface area contributed by atoms with E-state index in [1.807, 2.05) is 6.07 Å². The molecule has 0 aliphatic rings. The van der Waals surface area contributed by atoms with E-state index < -0.39 is 5.97 Å². The summed E-state index contributed by atoms with van der Waals surface area (Å²) in [5, 5.41) is 9.47. The molecular formula is C44H80O4. The zero-order valence-corrected chi connectivity index (χ0v) is 32.2. The first-order valence-corrected chi connectivity index (χ1v) is 21.3. The molecule has 0 saturated heterocycles. The van der Waals surface area contributed by atoms with Crippen LogP contribution in [0.15, 0.2) is 18.2 Å². The number of unbranched alkanes of at least 4 members (excludes halogenated alkanes) is 30. The average molecular weight is 673 g/mol. The average Bonchev–Trinajstić information content (AvgIpc) is 3.09. The molecule has 4 nitrogen and oxygen atoms in total. The molecule has 0 amide bonds. The fourth-order valence-corrected chi connectivity index (χ4v) is 6.71. The topological polar surface area (TPSA) is 55.8 Å². The Morgan fingerprint density at radius 1 is 0.479 bits per heavy atom. The standard InChI is InChI=1S/C44H80O4/c1-3-5-7-9-11-13-15-17-19-21-23-25-27-29-31-33-37-47-40-42-36-35-41(44(45)46)39-43(42)48-38-34-32-30-28-26-24-22-20-18-16-14-12-10-8-6-4-2/h35-36,39H,3-34,37-38,40H2,1-2H3,(H,45,46). The highest BCUT2D eigenvalue weighted by atomic mass is 16.5. The zero-order valence-electron chi connectivity index (χ0n) is 32.2. The van der Waals surface area contributed by atoms with Gasteiger partial charge in [0.2, 0.25) is 0 Å². The van der Waals surface area contributed by atoms with Gasteiger partial charge in [-0.3, -0.25) is 0 Å². The summed E-state index contributed by atoms with van der Waals surface area (Å²) in [5.74, 6) is -0.245. The summed E-state index contributed by atoms with van der Waals surface area (Å²) in [6.45, 7) is 6.43. The fraction of sp³-hybridized carbons (Fsp3) is 0.841. The number of hydrogen-bond donors (Lipinski definition) is 1. The van der Waals surface area contributed by atoms with Crippen molar-refractivity contribution in [1.82, 2.24) is 0 Å². The van der Waals surface area contributed by atoms with Crippen molar-refractivity contribution in [3.05, 3.63) is 29.3 Å². The van der Waals surface area contributed by atoms with Gasteiger partial charge >= 0.3 is 5.97 Å². The monoisotopic (exact) mass is 673 g/mol. The molecule has 0 atom stereocenters. The van der Waals surface area contributed by atoms with E-state index in [0.29, 0.717) is 19.0 Å². The number of carboxylic acids is 1. The molecule has 48 heavy (non-hydrogen) atoms. The van der Waals surface area contributed by atoms with E-state index >= 15 is 0 Å². The number of hydrogen-bond acceptors (Lipinski definition) is 3. The first-order chi connectivity index (χ1) is 23.7. The third-order valence-corrected chi connectivity index (χ3v) is 9.97. The van der Waals surface area contributed by atoms with Crippen LogP contribution in [-0.2, 0) is 11.3 Å². The summed E-state index contributed by atoms with van der Waals surface area (Å²) in [6.07, 6.45) is 43.5. The molecule has 0 unspecified atom stereocenters. The van der Waals surface area contributed by atoms with Crippen LogP contribution in [0.1, 0.15) is 235 Å². The predicted molar refractivity (Wildman–Crippen MR) is 208 cm³/mol. The van der Waals surface area contributed by atoms with Gasteiger partial charge in [0.15, 0.2) is 0 Å². The van der Waals surface area contributed by atoms with E-state index in [0.717, 1.165) is 25.0 Å². The number of ether oxygens (including phenoxy) is 2. The molecule has 0 saturated carbocycles. The van der Waals surface area contributed by atoms with E-state index in [1.54, 1.807) is 12.1 Å². The summed E-state index contributed by atoms with van der Waals surface area (Å²) in [6, 6.07) is 5.19. The van der Waals surface area contributed by atoms with Crippen LogP contribution >= 0.6 is 0 Å². The lowest BCUT2D eigenvalue weighted by molar-refractivity contribution is 0.0695. The van der Waals surface area contributed by atoms with Gasteiger partial charge in [-0.25, -0.2) is 4.79 Å². The van der Waals surface area contributed by atoms with Gasteiger partial charge in [0.25, 0.3) is 0 Å². The third kappa shape index (κ3) is 28.3. The fourth-order valence-electron chi connectivity index (χ4n) is 6.71. The van der Waals surface area contributed by atoms with Crippen LogP contribution in [0.5, 0.6) is 5.75 Å². The van der Waals surface area contributed by atoms with E-state index in [2.05, 4.69) is 13.8 Å². The van der Waals surface area contributed by atoms with Gasteiger partial charge < -0.3 is 14.6 Å². The van der Waals surface area contributed by atoms with Gasteiger partial charge in [0.05, 0.1) is 18.8 Å². The summed E-state index contributed by atoms with van der Waals surface area (Å²) >= 11 is 0. The molecule has 0 aliphatic carbocycles. The molecule has 0 aromatic heterocycles. The minimum atomic E-state index is -0.914. The Morgan fingerprint density at radius 3 is 1.17 bits per heavy atom. The lowest BCUT2D eigenvalue weighted by atomic mass is 10.0. The quantitative estimate of drug-likeness (QED) is 0.0710. The summed E-state index contributed by atoms with van der Waals surface area (Å²) in [7, 11) is 0. The smallest absolute Gasteiger partial charge is 0.335 e. The summed E-state index contributed by atoms with van der Waals surface area (Å²) < 4.78 is 12.1. The Hall–Kier alpha value is -1.55. The molecule has 1 aromatic rings. The lowest BCUT2D eigenvalue weighted by Gasteiger charge is -2.13. The minimum absolute atomic E-state index is 0.276. The van der Waals surface area contributed by atoms with Gasteiger partial charge in [-0.2, -0.15) is 0 Å². The van der Waals surface area contributed by atoms with Crippen molar-refractivity contribution < 1.29 is 19.4 Å². The maximum Gasteiger partial charge on any atom is 0.335 e. The zero-order chi connectivity index (χ0) is 34.6. The Bertz CT molecular complexity index is 822. The minimum Gasteiger partial charge on any atom is -0.493 e. The number of benzene rings is 1. The van der Waals surface area contributed by atoms with E-state index in [1.165, 1.54) is 193 Å². The third-order valence-electron chi connectivity index (χ3n) is 9.97. The van der Waals surface area contributed by atoms with Crippen molar-refractivity contribution in [1.29, 1.82) is 0 Å². The van der Waals surface area contributed by atoms with Gasteiger partial charge in [0, 0.05) is 12.2 Å². The highest BCUT2D eigenvalue weighted by molar-refractivity contribution is 5.88. The molecule has 0 spiro atoms. The van der Waals surface area contributed by atoms with Crippen LogP contribution in [0.3, 0.4) is 0 Å². The second kappa shape index (κ2) is 35.3. The number of carbonyl (C=O) groups is 1. The van der Waals surface area contributed by atoms with Crippen LogP contribution in [-0.4, -0.2) is 24.3 Å². The van der Waals surface area contributed by atoms with Gasteiger partial charge in [-0.05, 0) is 25.0 Å². The predicted octanol–water partition coefficient (Wildman–Crippen LogP) is 14.8. The van der Waals surface area contributed by atoms with Gasteiger partial charge in [-0.1, -0.05) is 213 Å². The maximum absolute atomic E-state index is 11.5. The van der Waals surface area contributed by atoms with Crippen LogP contribution in [0.2, 0.25) is 0 Å². The molecule has 1 aromatic carbocycles. The van der Waals surface area contributed by atoms with Crippen LogP contribution in [0.25, 0.3) is 0 Å². The van der Waals surface area contributed by atoms with Crippen LogP contribution in [0, 0.1) is 0 Å². The molecule has 1 rings (SSSR count). The molecule has 280 valence electrons. The second-order valence-electron chi connectivity index (χ2n) is 14.6. The Morgan fingerprint density at radius 2 is 0.812 bits per heavy atom. The second-order valence-corrected chi connectivity index (χ2v) is 14.6. The van der Waals surface area contributed by atoms with Crippen molar-refractivity contribution in [3.63, 3.8) is 0 Å². The molecule has 0 bridgehead atoms. The van der Waals surface area contributed by atoms with Crippen molar-refractivity contribution in [2.75, 3.05) is 13.2 Å². The maximum atomic E-state index is 11.5. The Labute approximate surface area is 298 Å². The summed E-state index contributed by atoms with van der Waals surface area (Å²) in [5.41, 5.74) is 1.23. The van der Waals surface area contributed by atoms with Crippen molar-refractivity contribution in [2.24, 2.45) is 0 Å². The molecule has 4 heteroatoms. The molecule has 0 radical (unpaired) electrons. The number of carboxylic acid groups (broad SMARTS) is 1. The van der Waals surface area contributed by atoms with Gasteiger partial charge in [0.1, 0.15) is 5.75 Å². The highest BCUT2D eigenvalue weighted by Gasteiger charge is 2.10. The van der Waals surface area contributed by atoms with E-state index in [-0.39, 0.29) is 5.56 Å². The molecule has 0 fully saturated rings. The Balaban J connectivity index is 2.03. The SMILES string of the molecule is CCCCCCCCCCCCCCCCCCOCc1ccc(C(=O)O)cc1OCCCCCCCCCCCCCCCCCC. The van der Waals surface area contributed by atoms with Crippen LogP contribution in [0.4, 0.5) is 0 Å². The molecule has 0 heterocycles. The van der Waals surface area contributed by atoms with Crippen molar-refractivity contribution >= 4 is 5.97 Å². The first-order valence-electron chi connectivity index (χ1n) is 21.3. The lowest BCUT2D eigenvalue weighted by Crippen LogP contribution is -2.05. The highest BCUT2D eigenvalue weighted by Crippen LogP contribution is 2.23. The largest absolute Gasteiger partial charge is 0.493 e. The van der Waals surface area contributed by atoms with Gasteiger partial charge in [-0.15, -0.1) is 0 Å².